The molecule has 0 fully saturated rings. The molecule has 2 N–H and O–H groups in total. The SMILES string of the molecule is Cc1cccn2cc(-c3ccc(C[C@@H](CCO)NC(=O)c4ccc(OC(C)C)c(C#N)c4)cc3)nc12. The average molecular weight is 483 g/mol. The highest BCUT2D eigenvalue weighted by Crippen LogP contribution is 2.23. The Labute approximate surface area is 211 Å². The van der Waals surface area contributed by atoms with E-state index >= 15 is 0 Å². The van der Waals surface area contributed by atoms with Gasteiger partial charge >= 0.3 is 0 Å². The van der Waals surface area contributed by atoms with Crippen molar-refractivity contribution >= 4 is 11.6 Å². The molecule has 0 saturated carbocycles. The summed E-state index contributed by atoms with van der Waals surface area (Å²) in [6.07, 6.45) is 4.91. The summed E-state index contributed by atoms with van der Waals surface area (Å²) in [5.41, 5.74) is 5.69. The second-order valence-electron chi connectivity index (χ2n) is 9.12. The first kappa shape index (κ1) is 25.0. The second kappa shape index (κ2) is 11.1. The summed E-state index contributed by atoms with van der Waals surface area (Å²) in [7, 11) is 0. The Morgan fingerprint density at radius 2 is 1.97 bits per heavy atom. The molecule has 0 saturated heterocycles. The smallest absolute Gasteiger partial charge is 0.251 e. The molecule has 7 nitrogen and oxygen atoms in total. The van der Waals surface area contributed by atoms with Crippen molar-refractivity contribution in [2.45, 2.75) is 45.8 Å². The first-order chi connectivity index (χ1) is 17.4. The van der Waals surface area contributed by atoms with E-state index in [2.05, 4.69) is 11.4 Å². The highest BCUT2D eigenvalue weighted by Gasteiger charge is 2.17. The maximum absolute atomic E-state index is 12.9. The summed E-state index contributed by atoms with van der Waals surface area (Å²) >= 11 is 0. The predicted octanol–water partition coefficient (Wildman–Crippen LogP) is 4.69. The topological polar surface area (TPSA) is 99.6 Å². The minimum absolute atomic E-state index is 0.0474. The molecule has 0 unspecified atom stereocenters. The Kier molecular flexibility index (Phi) is 7.67. The van der Waals surface area contributed by atoms with Crippen LogP contribution in [0.4, 0.5) is 0 Å². The molecule has 0 aliphatic rings. The van der Waals surface area contributed by atoms with Gasteiger partial charge in [-0.2, -0.15) is 5.26 Å². The molecule has 7 heteroatoms. The van der Waals surface area contributed by atoms with Gasteiger partial charge in [-0.25, -0.2) is 4.98 Å². The summed E-state index contributed by atoms with van der Waals surface area (Å²) in [5.74, 6) is 0.162. The van der Waals surface area contributed by atoms with E-state index in [9.17, 15) is 15.2 Å². The number of nitrogens with one attached hydrogen (secondary N) is 1. The van der Waals surface area contributed by atoms with Crippen molar-refractivity contribution in [2.24, 2.45) is 0 Å². The number of aliphatic hydroxyl groups is 1. The van der Waals surface area contributed by atoms with Crippen LogP contribution in [0.15, 0.2) is 67.0 Å². The Morgan fingerprint density at radius 1 is 1.19 bits per heavy atom. The maximum Gasteiger partial charge on any atom is 0.251 e. The normalized spacial score (nSPS) is 11.9. The van der Waals surface area contributed by atoms with Gasteiger partial charge in [-0.1, -0.05) is 30.3 Å². The van der Waals surface area contributed by atoms with Crippen molar-refractivity contribution in [3.8, 4) is 23.1 Å². The number of ether oxygens (including phenoxy) is 1. The van der Waals surface area contributed by atoms with Crippen molar-refractivity contribution < 1.29 is 14.6 Å². The fourth-order valence-corrected chi connectivity index (χ4v) is 4.15. The van der Waals surface area contributed by atoms with Crippen LogP contribution in [0.1, 0.15) is 47.3 Å². The van der Waals surface area contributed by atoms with Crippen molar-refractivity contribution in [1.82, 2.24) is 14.7 Å². The van der Waals surface area contributed by atoms with Gasteiger partial charge in [-0.3, -0.25) is 4.79 Å². The summed E-state index contributed by atoms with van der Waals surface area (Å²) in [6.45, 7) is 5.76. The number of benzene rings is 2. The van der Waals surface area contributed by atoms with Crippen molar-refractivity contribution in [3.63, 3.8) is 0 Å². The first-order valence-electron chi connectivity index (χ1n) is 12.0. The van der Waals surface area contributed by atoms with Gasteiger partial charge in [-0.05, 0) is 69.0 Å². The number of aromatic nitrogens is 2. The third-order valence-corrected chi connectivity index (χ3v) is 5.95. The van der Waals surface area contributed by atoms with Crippen LogP contribution in [0.5, 0.6) is 5.75 Å². The van der Waals surface area contributed by atoms with Crippen LogP contribution in [0.25, 0.3) is 16.9 Å². The van der Waals surface area contributed by atoms with Gasteiger partial charge in [0.2, 0.25) is 0 Å². The van der Waals surface area contributed by atoms with E-state index in [0.29, 0.717) is 29.7 Å². The number of hydrogen-bond acceptors (Lipinski definition) is 5. The van der Waals surface area contributed by atoms with Gasteiger partial charge in [0.1, 0.15) is 17.5 Å². The fourth-order valence-electron chi connectivity index (χ4n) is 4.15. The number of rotatable bonds is 9. The quantitative estimate of drug-likeness (QED) is 0.360. The minimum Gasteiger partial charge on any atom is -0.490 e. The molecule has 0 aliphatic heterocycles. The van der Waals surface area contributed by atoms with Gasteiger partial charge in [-0.15, -0.1) is 0 Å². The number of nitriles is 1. The lowest BCUT2D eigenvalue weighted by molar-refractivity contribution is 0.0930. The first-order valence-corrected chi connectivity index (χ1v) is 12.0. The number of hydrogen-bond donors (Lipinski definition) is 2. The molecule has 0 aliphatic carbocycles. The molecule has 2 aromatic heterocycles. The summed E-state index contributed by atoms with van der Waals surface area (Å²) in [5, 5.41) is 22.0. The number of carbonyl (C=O) groups excluding carboxylic acids is 1. The van der Waals surface area contributed by atoms with Crippen molar-refractivity contribution in [2.75, 3.05) is 6.61 Å². The predicted molar refractivity (Wildman–Crippen MR) is 139 cm³/mol. The molecule has 1 atom stereocenters. The molecule has 2 heterocycles. The van der Waals surface area contributed by atoms with Gasteiger partial charge in [0.25, 0.3) is 5.91 Å². The van der Waals surface area contributed by atoms with E-state index in [1.54, 1.807) is 12.1 Å². The molecule has 0 spiro atoms. The summed E-state index contributed by atoms with van der Waals surface area (Å²) in [6, 6.07) is 18.8. The number of aliphatic hydroxyl groups excluding tert-OH is 1. The average Bonchev–Trinajstić information content (AvgIpc) is 3.30. The zero-order valence-electron chi connectivity index (χ0n) is 20.7. The number of pyridine rings is 1. The van der Waals surface area contributed by atoms with Crippen LogP contribution in [0, 0.1) is 18.3 Å². The van der Waals surface area contributed by atoms with Crippen LogP contribution in [-0.2, 0) is 6.42 Å². The van der Waals surface area contributed by atoms with Crippen LogP contribution in [0.3, 0.4) is 0 Å². The third kappa shape index (κ3) is 5.73. The van der Waals surface area contributed by atoms with E-state index < -0.39 is 0 Å². The Balaban J connectivity index is 1.46. The van der Waals surface area contributed by atoms with Crippen LogP contribution < -0.4 is 10.1 Å². The van der Waals surface area contributed by atoms with Crippen molar-refractivity contribution in [1.29, 1.82) is 5.26 Å². The van der Waals surface area contributed by atoms with E-state index in [4.69, 9.17) is 9.72 Å². The van der Waals surface area contributed by atoms with E-state index in [0.717, 1.165) is 28.0 Å². The fraction of sp³-hybridized carbons (Fsp3) is 0.276. The van der Waals surface area contributed by atoms with E-state index in [-0.39, 0.29) is 24.7 Å². The standard InChI is InChI=1S/C29H30N4O3/c1-19(2)36-27-11-10-23(16-24(27)17-30)29(35)31-25(12-14-34)15-21-6-8-22(9-7-21)26-18-33-13-4-5-20(3)28(33)32-26/h4-11,13,16,18-19,25,34H,12,14-15H2,1-3H3,(H,31,35)/t25-/m1/s1. The molecule has 2 aromatic carbocycles. The lowest BCUT2D eigenvalue weighted by Gasteiger charge is -2.19. The summed E-state index contributed by atoms with van der Waals surface area (Å²) in [4.78, 5) is 17.7. The lowest BCUT2D eigenvalue weighted by Crippen LogP contribution is -2.37. The zero-order valence-corrected chi connectivity index (χ0v) is 20.7. The Hall–Kier alpha value is -4.15. The largest absolute Gasteiger partial charge is 0.490 e. The van der Waals surface area contributed by atoms with Crippen LogP contribution in [-0.4, -0.2) is 39.2 Å². The zero-order chi connectivity index (χ0) is 25.7. The monoisotopic (exact) mass is 482 g/mol. The maximum atomic E-state index is 12.9. The second-order valence-corrected chi connectivity index (χ2v) is 9.12. The number of fused-ring (bicyclic) bond motifs is 1. The number of amides is 1. The molecule has 4 rings (SSSR count). The molecule has 4 aromatic rings. The van der Waals surface area contributed by atoms with Crippen molar-refractivity contribution in [3.05, 3.63) is 89.2 Å². The number of nitrogens with zero attached hydrogens (tertiary/aromatic N) is 3. The molecule has 184 valence electrons. The highest BCUT2D eigenvalue weighted by molar-refractivity contribution is 5.95. The van der Waals surface area contributed by atoms with E-state index in [1.165, 1.54) is 6.07 Å². The van der Waals surface area contributed by atoms with Gasteiger partial charge < -0.3 is 19.6 Å². The number of carbonyl (C=O) groups is 1. The molecular formula is C29H30N4O3. The van der Waals surface area contributed by atoms with Gasteiger partial charge in [0.15, 0.2) is 0 Å². The number of aryl methyl sites for hydroxylation is 1. The molecule has 1 amide bonds. The number of imidazole rings is 1. The van der Waals surface area contributed by atoms with Crippen LogP contribution in [0.2, 0.25) is 0 Å². The molecule has 36 heavy (non-hydrogen) atoms. The summed E-state index contributed by atoms with van der Waals surface area (Å²) < 4.78 is 7.66. The molecular weight excluding hydrogens is 452 g/mol. The molecule has 0 radical (unpaired) electrons. The Morgan fingerprint density at radius 3 is 2.64 bits per heavy atom. The lowest BCUT2D eigenvalue weighted by atomic mass is 10.0. The van der Waals surface area contributed by atoms with Crippen LogP contribution >= 0.6 is 0 Å². The molecule has 0 bridgehead atoms. The third-order valence-electron chi connectivity index (χ3n) is 5.95. The van der Waals surface area contributed by atoms with Gasteiger partial charge in [0.05, 0.1) is 17.4 Å². The van der Waals surface area contributed by atoms with E-state index in [1.807, 2.05) is 74.0 Å². The van der Waals surface area contributed by atoms with Gasteiger partial charge in [0, 0.05) is 36.2 Å². The Bertz CT molecular complexity index is 1400. The highest BCUT2D eigenvalue weighted by atomic mass is 16.5. The minimum atomic E-state index is -0.294.